The third kappa shape index (κ3) is 6.69. The fraction of sp³-hybridized carbons (Fsp3) is 0.360. The normalized spacial score (nSPS) is 22.0. The van der Waals surface area contributed by atoms with Crippen molar-refractivity contribution in [1.29, 1.82) is 0 Å². The van der Waals surface area contributed by atoms with E-state index in [-0.39, 0.29) is 24.6 Å². The van der Waals surface area contributed by atoms with E-state index in [9.17, 15) is 30.4 Å². The van der Waals surface area contributed by atoms with Gasteiger partial charge in [0.25, 0.3) is 11.4 Å². The molecule has 2 unspecified atom stereocenters. The van der Waals surface area contributed by atoms with Crippen LogP contribution < -0.4 is 0 Å². The summed E-state index contributed by atoms with van der Waals surface area (Å²) < 4.78 is 25.8. The zero-order chi connectivity index (χ0) is 30.5. The van der Waals surface area contributed by atoms with E-state index in [0.29, 0.717) is 22.8 Å². The standard InChI is InChI=1S/C25H26N8O10/c1-40-25-24(42-14-16-11-31(29-27-16)18-5-3-7-20(9-18)33(38)39)23(22(35)21(12-34)43-25)41-13-15-10-30(28-26-15)17-4-2-6-19(8-17)32(36)37/h2-11,21-25,34-35H,12-14H2,1H3/t21?,22-,23-,24?,25+/m0/s1. The van der Waals surface area contributed by atoms with Crippen LogP contribution in [-0.2, 0) is 32.2 Å². The molecular weight excluding hydrogens is 572 g/mol. The molecule has 18 nitrogen and oxygen atoms in total. The number of aliphatic hydroxyl groups is 2. The molecule has 226 valence electrons. The fourth-order valence-corrected chi connectivity index (χ4v) is 4.44. The predicted octanol–water partition coefficient (Wildman–Crippen LogP) is 0.859. The highest BCUT2D eigenvalue weighted by Crippen LogP contribution is 2.28. The van der Waals surface area contributed by atoms with Crippen molar-refractivity contribution in [3.05, 3.63) is 92.5 Å². The van der Waals surface area contributed by atoms with Gasteiger partial charge in [0.15, 0.2) is 6.29 Å². The van der Waals surface area contributed by atoms with Gasteiger partial charge in [-0.1, -0.05) is 22.6 Å². The van der Waals surface area contributed by atoms with Crippen LogP contribution in [0.3, 0.4) is 0 Å². The quantitative estimate of drug-likeness (QED) is 0.170. The number of ether oxygens (including phenoxy) is 4. The van der Waals surface area contributed by atoms with Crippen molar-refractivity contribution in [1.82, 2.24) is 30.0 Å². The molecule has 5 rings (SSSR count). The molecule has 1 saturated heterocycles. The molecule has 1 aliphatic rings. The lowest BCUT2D eigenvalue weighted by Gasteiger charge is -2.43. The van der Waals surface area contributed by atoms with E-state index in [1.165, 1.54) is 65.3 Å². The average Bonchev–Trinajstić information content (AvgIpc) is 3.70. The number of hydrogen-bond acceptors (Lipinski definition) is 14. The van der Waals surface area contributed by atoms with Gasteiger partial charge in [0.2, 0.25) is 0 Å². The molecule has 0 radical (unpaired) electrons. The Morgan fingerprint density at radius 2 is 1.40 bits per heavy atom. The summed E-state index contributed by atoms with van der Waals surface area (Å²) in [4.78, 5) is 21.2. The van der Waals surface area contributed by atoms with Gasteiger partial charge in [0, 0.05) is 31.4 Å². The van der Waals surface area contributed by atoms with Crippen LogP contribution in [0.25, 0.3) is 11.4 Å². The number of nitrogens with zero attached hydrogens (tertiary/aromatic N) is 8. The minimum Gasteiger partial charge on any atom is -0.394 e. The Morgan fingerprint density at radius 1 is 0.884 bits per heavy atom. The number of methoxy groups -OCH3 is 1. The van der Waals surface area contributed by atoms with Crippen molar-refractivity contribution in [3.8, 4) is 11.4 Å². The molecule has 0 aliphatic carbocycles. The van der Waals surface area contributed by atoms with E-state index in [0.717, 1.165) is 0 Å². The van der Waals surface area contributed by atoms with Crippen molar-refractivity contribution in [3.63, 3.8) is 0 Å². The summed E-state index contributed by atoms with van der Waals surface area (Å²) in [6.07, 6.45) is -2.43. The zero-order valence-electron chi connectivity index (χ0n) is 22.5. The third-order valence-electron chi connectivity index (χ3n) is 6.57. The number of rotatable bonds is 12. The van der Waals surface area contributed by atoms with Crippen LogP contribution in [-0.4, -0.2) is 94.5 Å². The van der Waals surface area contributed by atoms with Crippen molar-refractivity contribution in [2.45, 2.75) is 43.9 Å². The molecule has 18 heteroatoms. The SMILES string of the molecule is CO[C@@H]1OC(CO)[C@H](O)[C@H](OCc2cn(-c3cccc([N+](=O)[O-])c3)nn2)C1OCc1cn(-c2cccc([N+](=O)[O-])c2)nn1. The molecule has 5 atom stereocenters. The first kappa shape index (κ1) is 29.8. The lowest BCUT2D eigenvalue weighted by atomic mass is 9.98. The van der Waals surface area contributed by atoms with Crippen molar-refractivity contribution in [2.75, 3.05) is 13.7 Å². The summed E-state index contributed by atoms with van der Waals surface area (Å²) in [6, 6.07) is 11.7. The molecule has 43 heavy (non-hydrogen) atoms. The summed E-state index contributed by atoms with van der Waals surface area (Å²) >= 11 is 0. The van der Waals surface area contributed by atoms with Gasteiger partial charge >= 0.3 is 0 Å². The molecule has 2 aromatic heterocycles. The Labute approximate surface area is 242 Å². The van der Waals surface area contributed by atoms with E-state index in [1.807, 2.05) is 0 Å². The third-order valence-corrected chi connectivity index (χ3v) is 6.57. The maximum atomic E-state index is 11.1. The second-order valence-electron chi connectivity index (χ2n) is 9.37. The van der Waals surface area contributed by atoms with E-state index in [1.54, 1.807) is 12.1 Å². The van der Waals surface area contributed by atoms with Crippen molar-refractivity contribution >= 4 is 11.4 Å². The van der Waals surface area contributed by atoms with Crippen LogP contribution in [0, 0.1) is 20.2 Å². The first-order chi connectivity index (χ1) is 20.8. The zero-order valence-corrected chi connectivity index (χ0v) is 22.5. The van der Waals surface area contributed by atoms with Gasteiger partial charge in [-0.05, 0) is 12.1 Å². The molecule has 0 bridgehead atoms. The van der Waals surface area contributed by atoms with Crippen molar-refractivity contribution < 1.29 is 39.0 Å². The van der Waals surface area contributed by atoms with E-state index in [2.05, 4.69) is 20.6 Å². The van der Waals surface area contributed by atoms with E-state index < -0.39 is 47.2 Å². The lowest BCUT2D eigenvalue weighted by Crippen LogP contribution is -2.60. The highest BCUT2D eigenvalue weighted by molar-refractivity contribution is 5.43. The number of non-ortho nitro benzene ring substituents is 2. The minimum atomic E-state index is -1.33. The monoisotopic (exact) mass is 598 g/mol. The van der Waals surface area contributed by atoms with Gasteiger partial charge in [0.1, 0.15) is 35.8 Å². The molecule has 2 aromatic carbocycles. The summed E-state index contributed by atoms with van der Waals surface area (Å²) in [5.41, 5.74) is 1.33. The first-order valence-electron chi connectivity index (χ1n) is 12.8. The Balaban J connectivity index is 1.29. The maximum Gasteiger partial charge on any atom is 0.271 e. The molecule has 4 aromatic rings. The maximum absolute atomic E-state index is 11.1. The summed E-state index contributed by atoms with van der Waals surface area (Å²) in [7, 11) is 1.37. The number of benzene rings is 2. The van der Waals surface area contributed by atoms with Gasteiger partial charge in [-0.3, -0.25) is 20.2 Å². The first-order valence-corrected chi connectivity index (χ1v) is 12.8. The minimum absolute atomic E-state index is 0.106. The highest BCUT2D eigenvalue weighted by Gasteiger charge is 2.47. The lowest BCUT2D eigenvalue weighted by molar-refractivity contribution is -0.385. The van der Waals surface area contributed by atoms with E-state index in [4.69, 9.17) is 18.9 Å². The topological polar surface area (TPSA) is 225 Å². The molecule has 1 fully saturated rings. The van der Waals surface area contributed by atoms with Gasteiger partial charge in [-0.25, -0.2) is 9.36 Å². The number of hydrogen-bond donors (Lipinski definition) is 2. The molecular formula is C25H26N8O10. The van der Waals surface area contributed by atoms with Crippen LogP contribution >= 0.6 is 0 Å². The average molecular weight is 599 g/mol. The predicted molar refractivity (Wildman–Crippen MR) is 142 cm³/mol. The number of aliphatic hydroxyl groups excluding tert-OH is 2. The smallest absolute Gasteiger partial charge is 0.271 e. The van der Waals surface area contributed by atoms with Crippen LogP contribution in [0.1, 0.15) is 11.4 Å². The largest absolute Gasteiger partial charge is 0.394 e. The Morgan fingerprint density at radius 3 is 1.86 bits per heavy atom. The van der Waals surface area contributed by atoms with Crippen molar-refractivity contribution in [2.24, 2.45) is 0 Å². The number of nitro benzene ring substituents is 2. The molecule has 1 aliphatic heterocycles. The van der Waals surface area contributed by atoms with Gasteiger partial charge in [-0.2, -0.15) is 0 Å². The Kier molecular flexibility index (Phi) is 9.04. The second-order valence-corrected chi connectivity index (χ2v) is 9.37. The highest BCUT2D eigenvalue weighted by atomic mass is 16.7. The number of aromatic nitrogens is 6. The van der Waals surface area contributed by atoms with Crippen LogP contribution in [0.2, 0.25) is 0 Å². The molecule has 0 spiro atoms. The van der Waals surface area contributed by atoms with Gasteiger partial charge in [-0.15, -0.1) is 10.2 Å². The molecule has 0 amide bonds. The fourth-order valence-electron chi connectivity index (χ4n) is 4.44. The van der Waals surface area contributed by atoms with Crippen LogP contribution in [0.15, 0.2) is 60.9 Å². The van der Waals surface area contributed by atoms with E-state index >= 15 is 0 Å². The molecule has 2 N–H and O–H groups in total. The van der Waals surface area contributed by atoms with Crippen LogP contribution in [0.4, 0.5) is 11.4 Å². The summed E-state index contributed by atoms with van der Waals surface area (Å²) in [5.74, 6) is 0. The second kappa shape index (κ2) is 13.1. The van der Waals surface area contributed by atoms with Crippen LogP contribution in [0.5, 0.6) is 0 Å². The molecule has 0 saturated carbocycles. The molecule has 3 heterocycles. The Hall–Kier alpha value is -4.72. The van der Waals surface area contributed by atoms with Gasteiger partial charge in [0.05, 0.1) is 53.4 Å². The summed E-state index contributed by atoms with van der Waals surface area (Å²) in [6.45, 7) is -0.787. The Bertz CT molecular complexity index is 1580. The van der Waals surface area contributed by atoms with Gasteiger partial charge < -0.3 is 29.2 Å². The summed E-state index contributed by atoms with van der Waals surface area (Å²) in [5, 5.41) is 59.0. The number of nitro groups is 2.